The molecule has 24 heavy (non-hydrogen) atoms. The molecule has 1 fully saturated rings. The molecule has 0 aromatic heterocycles. The van der Waals surface area contributed by atoms with Crippen molar-refractivity contribution in [1.29, 1.82) is 0 Å². The zero-order chi connectivity index (χ0) is 17.9. The molecule has 0 saturated carbocycles. The lowest BCUT2D eigenvalue weighted by Crippen LogP contribution is -2.49. The summed E-state index contributed by atoms with van der Waals surface area (Å²) in [6, 6.07) is 3.47. The van der Waals surface area contributed by atoms with Crippen molar-refractivity contribution in [1.82, 2.24) is 9.80 Å². The predicted octanol–water partition coefficient (Wildman–Crippen LogP) is 3.06. The number of hydrogen-bond acceptors (Lipinski definition) is 2. The Morgan fingerprint density at radius 3 is 2.25 bits per heavy atom. The summed E-state index contributed by atoms with van der Waals surface area (Å²) in [5.74, 6) is -0.347. The first kappa shape index (κ1) is 18.3. The zero-order valence-corrected chi connectivity index (χ0v) is 13.7. The molecule has 1 aliphatic rings. The highest BCUT2D eigenvalue weighted by molar-refractivity contribution is 6.31. The van der Waals surface area contributed by atoms with Crippen LogP contribution in [0.25, 0.3) is 6.08 Å². The highest BCUT2D eigenvalue weighted by Crippen LogP contribution is 2.35. The summed E-state index contributed by atoms with van der Waals surface area (Å²) in [4.78, 5) is 26.5. The Balaban J connectivity index is 2.03. The Morgan fingerprint density at radius 2 is 1.71 bits per heavy atom. The van der Waals surface area contributed by atoms with E-state index in [1.54, 1.807) is 9.80 Å². The van der Waals surface area contributed by atoms with Crippen molar-refractivity contribution in [2.24, 2.45) is 0 Å². The van der Waals surface area contributed by atoms with Gasteiger partial charge in [-0.2, -0.15) is 13.2 Å². The van der Waals surface area contributed by atoms with Crippen molar-refractivity contribution in [2.75, 3.05) is 26.2 Å². The van der Waals surface area contributed by atoms with Crippen LogP contribution < -0.4 is 0 Å². The summed E-state index contributed by atoms with van der Waals surface area (Å²) in [5.41, 5.74) is -0.698. The van der Waals surface area contributed by atoms with Crippen LogP contribution in [0.2, 0.25) is 5.02 Å². The number of benzene rings is 1. The maximum atomic E-state index is 12.8. The Bertz CT molecular complexity index is 666. The van der Waals surface area contributed by atoms with Crippen LogP contribution in [0.4, 0.5) is 13.2 Å². The van der Waals surface area contributed by atoms with Gasteiger partial charge in [0.05, 0.1) is 10.6 Å². The molecule has 1 aromatic rings. The van der Waals surface area contributed by atoms with E-state index in [0.29, 0.717) is 26.2 Å². The zero-order valence-electron chi connectivity index (χ0n) is 12.9. The van der Waals surface area contributed by atoms with E-state index in [0.717, 1.165) is 12.1 Å². The lowest BCUT2D eigenvalue weighted by molar-refractivity contribution is -0.137. The molecule has 1 saturated heterocycles. The lowest BCUT2D eigenvalue weighted by Gasteiger charge is -2.33. The predicted molar refractivity (Wildman–Crippen MR) is 84.3 cm³/mol. The molecule has 130 valence electrons. The number of amides is 2. The molecule has 0 unspecified atom stereocenters. The molecule has 0 atom stereocenters. The number of piperazine rings is 1. The van der Waals surface area contributed by atoms with Gasteiger partial charge >= 0.3 is 6.18 Å². The van der Waals surface area contributed by atoms with Gasteiger partial charge in [0.2, 0.25) is 11.8 Å². The van der Waals surface area contributed by atoms with Crippen LogP contribution in [-0.2, 0) is 15.8 Å². The van der Waals surface area contributed by atoms with Crippen LogP contribution in [-0.4, -0.2) is 47.8 Å². The van der Waals surface area contributed by atoms with Gasteiger partial charge in [0.25, 0.3) is 0 Å². The summed E-state index contributed by atoms with van der Waals surface area (Å²) in [6.45, 7) is 3.17. The first-order chi connectivity index (χ1) is 11.2. The fourth-order valence-corrected chi connectivity index (χ4v) is 2.60. The van der Waals surface area contributed by atoms with Crippen molar-refractivity contribution < 1.29 is 22.8 Å². The summed E-state index contributed by atoms with van der Waals surface area (Å²) in [5, 5.41) is -0.383. The molecule has 1 aliphatic heterocycles. The number of carbonyl (C=O) groups is 2. The molecule has 0 radical (unpaired) electrons. The van der Waals surface area contributed by atoms with Gasteiger partial charge in [-0.3, -0.25) is 9.59 Å². The molecule has 0 bridgehead atoms. The second-order valence-corrected chi connectivity index (χ2v) is 5.81. The fraction of sp³-hybridized carbons (Fsp3) is 0.375. The van der Waals surface area contributed by atoms with Gasteiger partial charge in [0.15, 0.2) is 0 Å². The summed E-state index contributed by atoms with van der Waals surface area (Å²) in [7, 11) is 0. The quantitative estimate of drug-likeness (QED) is 0.761. The van der Waals surface area contributed by atoms with Crippen LogP contribution in [0, 0.1) is 0 Å². The second kappa shape index (κ2) is 7.25. The number of alkyl halides is 3. The molecule has 2 amide bonds. The number of rotatable bonds is 2. The van der Waals surface area contributed by atoms with E-state index in [9.17, 15) is 22.8 Å². The summed E-state index contributed by atoms with van der Waals surface area (Å²) in [6.07, 6.45) is -1.99. The monoisotopic (exact) mass is 360 g/mol. The smallest absolute Gasteiger partial charge is 0.339 e. The molecule has 0 aliphatic carbocycles. The molecule has 1 heterocycles. The molecule has 8 heteroatoms. The number of nitrogens with zero attached hydrogens (tertiary/aromatic N) is 2. The van der Waals surface area contributed by atoms with Crippen LogP contribution in [0.5, 0.6) is 0 Å². The van der Waals surface area contributed by atoms with E-state index in [4.69, 9.17) is 11.6 Å². The summed E-state index contributed by atoms with van der Waals surface area (Å²) < 4.78 is 38.4. The van der Waals surface area contributed by atoms with E-state index in [2.05, 4.69) is 0 Å². The third kappa shape index (κ3) is 4.50. The van der Waals surface area contributed by atoms with E-state index in [-0.39, 0.29) is 22.4 Å². The average molecular weight is 361 g/mol. The molecule has 0 N–H and O–H groups in total. The van der Waals surface area contributed by atoms with Crippen LogP contribution in [0.3, 0.4) is 0 Å². The number of halogens is 4. The number of carbonyl (C=O) groups excluding carboxylic acids is 2. The Hall–Kier alpha value is -2.02. The summed E-state index contributed by atoms with van der Waals surface area (Å²) >= 11 is 5.55. The largest absolute Gasteiger partial charge is 0.417 e. The SMILES string of the molecule is CC(=O)N1CCN(C(=O)C=Cc2ccc(Cl)c(C(F)(F)F)c2)CC1. The van der Waals surface area contributed by atoms with Gasteiger partial charge in [-0.1, -0.05) is 17.7 Å². The van der Waals surface area contributed by atoms with Gasteiger partial charge in [-0.15, -0.1) is 0 Å². The van der Waals surface area contributed by atoms with Gasteiger partial charge in [0, 0.05) is 39.2 Å². The van der Waals surface area contributed by atoms with E-state index in [1.165, 1.54) is 25.1 Å². The van der Waals surface area contributed by atoms with E-state index >= 15 is 0 Å². The molecule has 0 spiro atoms. The van der Waals surface area contributed by atoms with Gasteiger partial charge in [0.1, 0.15) is 0 Å². The molecule has 1 aromatic carbocycles. The number of hydrogen-bond donors (Lipinski definition) is 0. The lowest BCUT2D eigenvalue weighted by atomic mass is 10.1. The van der Waals surface area contributed by atoms with Gasteiger partial charge < -0.3 is 9.80 Å². The third-order valence-electron chi connectivity index (χ3n) is 3.75. The highest BCUT2D eigenvalue weighted by Gasteiger charge is 2.33. The van der Waals surface area contributed by atoms with Crippen molar-refractivity contribution >= 4 is 29.5 Å². The standard InChI is InChI=1S/C16H16ClF3N2O2/c1-11(23)21-6-8-22(9-7-21)15(24)5-3-12-2-4-14(17)13(10-12)16(18,19)20/h2-5,10H,6-9H2,1H3. The maximum absolute atomic E-state index is 12.8. The minimum absolute atomic E-state index is 0.0431. The van der Waals surface area contributed by atoms with Crippen molar-refractivity contribution in [2.45, 2.75) is 13.1 Å². The van der Waals surface area contributed by atoms with Crippen LogP contribution in [0.1, 0.15) is 18.1 Å². The van der Waals surface area contributed by atoms with E-state index < -0.39 is 11.7 Å². The second-order valence-electron chi connectivity index (χ2n) is 5.40. The maximum Gasteiger partial charge on any atom is 0.417 e. The first-order valence-electron chi connectivity index (χ1n) is 7.28. The van der Waals surface area contributed by atoms with Crippen LogP contribution in [0.15, 0.2) is 24.3 Å². The van der Waals surface area contributed by atoms with Crippen molar-refractivity contribution in [3.8, 4) is 0 Å². The Kier molecular flexibility index (Phi) is 5.54. The van der Waals surface area contributed by atoms with Crippen molar-refractivity contribution in [3.05, 3.63) is 40.4 Å². The van der Waals surface area contributed by atoms with E-state index in [1.807, 2.05) is 0 Å². The average Bonchev–Trinajstić information content (AvgIpc) is 2.52. The molecular weight excluding hydrogens is 345 g/mol. The van der Waals surface area contributed by atoms with Gasteiger partial charge in [-0.25, -0.2) is 0 Å². The molecule has 2 rings (SSSR count). The Morgan fingerprint density at radius 1 is 1.12 bits per heavy atom. The topological polar surface area (TPSA) is 40.6 Å². The first-order valence-corrected chi connectivity index (χ1v) is 7.65. The third-order valence-corrected chi connectivity index (χ3v) is 4.08. The van der Waals surface area contributed by atoms with Crippen molar-refractivity contribution in [3.63, 3.8) is 0 Å². The minimum Gasteiger partial charge on any atom is -0.339 e. The minimum atomic E-state index is -4.55. The fourth-order valence-electron chi connectivity index (χ4n) is 2.38. The Labute approximate surface area is 142 Å². The van der Waals surface area contributed by atoms with Crippen LogP contribution >= 0.6 is 11.6 Å². The van der Waals surface area contributed by atoms with Gasteiger partial charge in [-0.05, 0) is 23.8 Å². The molecule has 4 nitrogen and oxygen atoms in total. The normalized spacial score (nSPS) is 15.9. The molecular formula is C16H16ClF3N2O2. The highest BCUT2D eigenvalue weighted by atomic mass is 35.5.